The van der Waals surface area contributed by atoms with Gasteiger partial charge < -0.3 is 16.0 Å². The summed E-state index contributed by atoms with van der Waals surface area (Å²) >= 11 is 0. The summed E-state index contributed by atoms with van der Waals surface area (Å²) in [6, 6.07) is 0. The molecule has 0 aromatic carbocycles. The van der Waals surface area contributed by atoms with Crippen LogP contribution in [0.5, 0.6) is 0 Å². The van der Waals surface area contributed by atoms with Crippen LogP contribution in [0.15, 0.2) is 12.7 Å². The van der Waals surface area contributed by atoms with Crippen molar-refractivity contribution in [3.63, 3.8) is 0 Å². The van der Waals surface area contributed by atoms with Crippen LogP contribution in [0.1, 0.15) is 64.7 Å². The van der Waals surface area contributed by atoms with Crippen molar-refractivity contribution in [3.8, 4) is 0 Å². The molecule has 0 fully saturated rings. The maximum absolute atomic E-state index is 9.38. The van der Waals surface area contributed by atoms with Gasteiger partial charge in [-0.3, -0.25) is 0 Å². The Morgan fingerprint density at radius 1 is 1.06 bits per heavy atom. The van der Waals surface area contributed by atoms with Gasteiger partial charge in [-0.05, 0) is 19.3 Å². The van der Waals surface area contributed by atoms with Crippen LogP contribution in [0, 0.1) is 0 Å². The van der Waals surface area contributed by atoms with E-state index in [0.29, 0.717) is 6.61 Å². The second-order valence-electron chi connectivity index (χ2n) is 4.69. The lowest BCUT2D eigenvalue weighted by molar-refractivity contribution is 0.155. The van der Waals surface area contributed by atoms with Gasteiger partial charge in [-0.25, -0.2) is 0 Å². The zero-order chi connectivity index (χ0) is 12.8. The fourth-order valence-corrected chi connectivity index (χ4v) is 1.84. The molecule has 0 rings (SSSR count). The number of hydrogen-bond donors (Lipinski definition) is 2. The third-order valence-electron chi connectivity index (χ3n) is 3.03. The van der Waals surface area contributed by atoms with Crippen molar-refractivity contribution in [2.24, 2.45) is 0 Å². The molecule has 110 valence electrons. The molecule has 0 aromatic rings. The average molecular weight is 259 g/mol. The maximum Gasteiger partial charge on any atom is 0.0644 e. The molecule has 0 heterocycles. The smallest absolute Gasteiger partial charge is 0.0644 e. The molecule has 0 amide bonds. The zero-order valence-corrected chi connectivity index (χ0v) is 12.2. The molecule has 0 spiro atoms. The van der Waals surface area contributed by atoms with E-state index in [9.17, 15) is 5.11 Å². The number of aliphatic hydroxyl groups excluding tert-OH is 1. The number of ether oxygens (including phenoxy) is 1. The molecule has 0 aromatic heterocycles. The summed E-state index contributed by atoms with van der Waals surface area (Å²) < 4.78 is 5.32. The molecule has 18 heavy (non-hydrogen) atoms. The number of hydrogen-bond acceptors (Lipinski definition) is 3. The second kappa shape index (κ2) is 16.6. The van der Waals surface area contributed by atoms with Crippen LogP contribution in [0.25, 0.3) is 0 Å². The number of aliphatic hydroxyl groups is 1. The zero-order valence-electron chi connectivity index (χ0n) is 12.2. The van der Waals surface area contributed by atoms with E-state index in [1.807, 2.05) is 6.92 Å². The van der Waals surface area contributed by atoms with Crippen molar-refractivity contribution in [1.82, 2.24) is 6.15 Å². The minimum absolute atomic E-state index is 0. The van der Waals surface area contributed by atoms with Gasteiger partial charge in [-0.15, -0.1) is 6.58 Å². The van der Waals surface area contributed by atoms with Gasteiger partial charge >= 0.3 is 0 Å². The van der Waals surface area contributed by atoms with Gasteiger partial charge in [0.15, 0.2) is 0 Å². The summed E-state index contributed by atoms with van der Waals surface area (Å²) in [5, 5.41) is 9.38. The van der Waals surface area contributed by atoms with E-state index in [0.717, 1.165) is 19.4 Å². The van der Waals surface area contributed by atoms with Crippen LogP contribution >= 0.6 is 0 Å². The first-order valence-electron chi connectivity index (χ1n) is 7.18. The van der Waals surface area contributed by atoms with E-state index < -0.39 is 0 Å². The Morgan fingerprint density at radius 3 is 2.17 bits per heavy atom. The number of unbranched alkanes of at least 4 members (excludes halogenated alkanes) is 6. The van der Waals surface area contributed by atoms with E-state index in [1.165, 1.54) is 44.9 Å². The van der Waals surface area contributed by atoms with Gasteiger partial charge in [0.05, 0.1) is 12.7 Å². The summed E-state index contributed by atoms with van der Waals surface area (Å²) in [7, 11) is 0. The summed E-state index contributed by atoms with van der Waals surface area (Å²) in [5.41, 5.74) is 0. The minimum atomic E-state index is -0.0722. The maximum atomic E-state index is 9.38. The predicted molar refractivity (Wildman–Crippen MR) is 79.3 cm³/mol. The molecule has 4 N–H and O–H groups in total. The second-order valence-corrected chi connectivity index (χ2v) is 4.69. The Bertz CT molecular complexity index is 163. The Balaban J connectivity index is 0. The van der Waals surface area contributed by atoms with Gasteiger partial charge in [0, 0.05) is 6.61 Å². The van der Waals surface area contributed by atoms with Gasteiger partial charge in [0.1, 0.15) is 0 Å². The molecule has 3 heteroatoms. The van der Waals surface area contributed by atoms with Gasteiger partial charge in [0.25, 0.3) is 0 Å². The average Bonchev–Trinajstić information content (AvgIpc) is 2.35. The predicted octanol–water partition coefficient (Wildman–Crippen LogP) is 4.24. The van der Waals surface area contributed by atoms with Crippen molar-refractivity contribution in [2.75, 3.05) is 13.2 Å². The monoisotopic (exact) mass is 259 g/mol. The van der Waals surface area contributed by atoms with E-state index in [4.69, 9.17) is 4.74 Å². The molecule has 0 aliphatic carbocycles. The highest BCUT2D eigenvalue weighted by molar-refractivity contribution is 4.63. The van der Waals surface area contributed by atoms with E-state index >= 15 is 0 Å². The van der Waals surface area contributed by atoms with Crippen LogP contribution < -0.4 is 6.15 Å². The summed E-state index contributed by atoms with van der Waals surface area (Å²) in [5.74, 6) is 0. The van der Waals surface area contributed by atoms with Crippen molar-refractivity contribution < 1.29 is 9.84 Å². The highest BCUT2D eigenvalue weighted by atomic mass is 16.5. The first kappa shape index (κ1) is 19.9. The lowest BCUT2D eigenvalue weighted by atomic mass is 10.1. The molecule has 1 atom stereocenters. The SMILES string of the molecule is C=CCOCCCCCCCCCC(O)CC.N. The topological polar surface area (TPSA) is 64.5 Å². The van der Waals surface area contributed by atoms with Gasteiger partial charge in [0.2, 0.25) is 0 Å². The van der Waals surface area contributed by atoms with Crippen molar-refractivity contribution >= 4 is 0 Å². The Morgan fingerprint density at radius 2 is 1.61 bits per heavy atom. The van der Waals surface area contributed by atoms with Crippen LogP contribution in [0.4, 0.5) is 0 Å². The van der Waals surface area contributed by atoms with Crippen molar-refractivity contribution in [2.45, 2.75) is 70.8 Å². The third-order valence-corrected chi connectivity index (χ3v) is 3.03. The van der Waals surface area contributed by atoms with Crippen molar-refractivity contribution in [3.05, 3.63) is 12.7 Å². The van der Waals surface area contributed by atoms with Gasteiger partial charge in [-0.2, -0.15) is 0 Å². The molecule has 0 aliphatic rings. The third kappa shape index (κ3) is 15.6. The normalized spacial score (nSPS) is 11.9. The molecule has 0 radical (unpaired) electrons. The van der Waals surface area contributed by atoms with Gasteiger partial charge in [-0.1, -0.05) is 51.5 Å². The fraction of sp³-hybridized carbons (Fsp3) is 0.867. The molecular weight excluding hydrogens is 226 g/mol. The number of rotatable bonds is 13. The van der Waals surface area contributed by atoms with E-state index in [2.05, 4.69) is 6.58 Å². The molecule has 0 bridgehead atoms. The summed E-state index contributed by atoms with van der Waals surface area (Å²) in [4.78, 5) is 0. The molecule has 1 unspecified atom stereocenters. The Labute approximate surface area is 113 Å². The van der Waals surface area contributed by atoms with Crippen LogP contribution in [0.3, 0.4) is 0 Å². The molecule has 0 saturated heterocycles. The first-order chi connectivity index (χ1) is 8.31. The highest BCUT2D eigenvalue weighted by Gasteiger charge is 1.99. The Kier molecular flexibility index (Phi) is 18.4. The first-order valence-corrected chi connectivity index (χ1v) is 7.18. The quantitative estimate of drug-likeness (QED) is 0.384. The standard InChI is InChI=1S/C15H30O2.H3N/c1-3-13-17-14-11-9-7-5-6-8-10-12-15(16)4-2;/h3,15-16H,1,4-14H2,2H3;1H3. The van der Waals surface area contributed by atoms with Crippen LogP contribution in [-0.2, 0) is 4.74 Å². The fourth-order valence-electron chi connectivity index (χ4n) is 1.84. The molecule has 0 aliphatic heterocycles. The lowest BCUT2D eigenvalue weighted by Gasteiger charge is -2.06. The van der Waals surface area contributed by atoms with Crippen molar-refractivity contribution in [1.29, 1.82) is 0 Å². The molecule has 3 nitrogen and oxygen atoms in total. The minimum Gasteiger partial charge on any atom is -0.393 e. The molecular formula is C15H33NO2. The Hall–Kier alpha value is -0.380. The van der Waals surface area contributed by atoms with E-state index in [-0.39, 0.29) is 12.3 Å². The van der Waals surface area contributed by atoms with E-state index in [1.54, 1.807) is 6.08 Å². The molecule has 0 saturated carbocycles. The summed E-state index contributed by atoms with van der Waals surface area (Å²) in [6.07, 6.45) is 12.4. The van der Waals surface area contributed by atoms with Crippen LogP contribution in [0.2, 0.25) is 0 Å². The van der Waals surface area contributed by atoms with Crippen LogP contribution in [-0.4, -0.2) is 24.4 Å². The lowest BCUT2D eigenvalue weighted by Crippen LogP contribution is -2.03. The largest absolute Gasteiger partial charge is 0.393 e. The highest BCUT2D eigenvalue weighted by Crippen LogP contribution is 2.10. The summed E-state index contributed by atoms with van der Waals surface area (Å²) in [6.45, 7) is 7.20.